The highest BCUT2D eigenvalue weighted by atomic mass is 16.6. The number of aryl methyl sites for hydroxylation is 1. The minimum Gasteiger partial charge on any atom is -0.352 e. The van der Waals surface area contributed by atoms with Crippen LogP contribution in [0.25, 0.3) is 0 Å². The highest BCUT2D eigenvalue weighted by Crippen LogP contribution is 2.21. The van der Waals surface area contributed by atoms with Crippen LogP contribution in [-0.2, 0) is 0 Å². The summed E-state index contributed by atoms with van der Waals surface area (Å²) < 4.78 is 0. The first kappa shape index (κ1) is 13.7. The Hall–Kier alpha value is -2.35. The summed E-state index contributed by atoms with van der Waals surface area (Å²) in [6.45, 7) is 2.08. The molecule has 0 unspecified atom stereocenters. The molecular formula is C13H14N2O3. The zero-order valence-electron chi connectivity index (χ0n) is 10.1. The molecule has 0 radical (unpaired) electrons. The minimum absolute atomic E-state index is 0.114. The van der Waals surface area contributed by atoms with Crippen molar-refractivity contribution < 1.29 is 9.72 Å². The molecule has 0 atom stereocenters. The maximum atomic E-state index is 11.9. The predicted molar refractivity (Wildman–Crippen MR) is 68.2 cm³/mol. The zero-order valence-corrected chi connectivity index (χ0v) is 10.1. The predicted octanol–water partition coefficient (Wildman–Crippen LogP) is 2.05. The van der Waals surface area contributed by atoms with Crippen molar-refractivity contribution in [3.05, 3.63) is 39.4 Å². The van der Waals surface area contributed by atoms with E-state index in [1.807, 2.05) is 0 Å². The first-order chi connectivity index (χ1) is 8.57. The molecule has 0 aromatic heterocycles. The van der Waals surface area contributed by atoms with Gasteiger partial charge in [-0.05, 0) is 18.9 Å². The highest BCUT2D eigenvalue weighted by molar-refractivity contribution is 5.99. The monoisotopic (exact) mass is 246 g/mol. The van der Waals surface area contributed by atoms with Crippen LogP contribution in [0.1, 0.15) is 28.8 Å². The van der Waals surface area contributed by atoms with E-state index < -0.39 is 10.8 Å². The Bertz CT molecular complexity index is 503. The standard InChI is InChI=1S/C13H14N2O3/c1-3-4-5-9-14-13(16)12-10(2)7-6-8-11(12)15(17)18/h1,6-8H,4-5,9H2,2H3,(H,14,16). The number of hydrogen-bond acceptors (Lipinski definition) is 3. The molecule has 0 heterocycles. The van der Waals surface area contributed by atoms with Crippen LogP contribution in [-0.4, -0.2) is 17.4 Å². The van der Waals surface area contributed by atoms with Crippen molar-refractivity contribution in [2.45, 2.75) is 19.8 Å². The van der Waals surface area contributed by atoms with Crippen molar-refractivity contribution in [3.8, 4) is 12.3 Å². The van der Waals surface area contributed by atoms with E-state index in [9.17, 15) is 14.9 Å². The average Bonchev–Trinajstić information content (AvgIpc) is 2.34. The first-order valence-corrected chi connectivity index (χ1v) is 5.53. The average molecular weight is 246 g/mol. The van der Waals surface area contributed by atoms with E-state index in [0.29, 0.717) is 24.9 Å². The Labute approximate surface area is 105 Å². The number of nitro groups is 1. The molecule has 5 nitrogen and oxygen atoms in total. The van der Waals surface area contributed by atoms with Crippen molar-refractivity contribution in [2.75, 3.05) is 6.54 Å². The molecule has 0 aliphatic carbocycles. The second kappa shape index (κ2) is 6.40. The fourth-order valence-electron chi connectivity index (χ4n) is 1.58. The molecule has 18 heavy (non-hydrogen) atoms. The van der Waals surface area contributed by atoms with Crippen LogP contribution in [0.5, 0.6) is 0 Å². The summed E-state index contributed by atoms with van der Waals surface area (Å²) in [5, 5.41) is 13.5. The molecule has 1 N–H and O–H groups in total. The summed E-state index contributed by atoms with van der Waals surface area (Å²) in [4.78, 5) is 22.2. The second-order valence-corrected chi connectivity index (χ2v) is 3.79. The fourth-order valence-corrected chi connectivity index (χ4v) is 1.58. The van der Waals surface area contributed by atoms with E-state index in [-0.39, 0.29) is 11.3 Å². The molecule has 0 saturated carbocycles. The fraction of sp³-hybridized carbons (Fsp3) is 0.308. The van der Waals surface area contributed by atoms with Gasteiger partial charge < -0.3 is 5.32 Å². The molecule has 1 amide bonds. The molecule has 0 saturated heterocycles. The van der Waals surface area contributed by atoms with Crippen LogP contribution in [0.3, 0.4) is 0 Å². The van der Waals surface area contributed by atoms with Gasteiger partial charge >= 0.3 is 0 Å². The van der Waals surface area contributed by atoms with Crippen molar-refractivity contribution in [2.24, 2.45) is 0 Å². The number of nitrogens with one attached hydrogen (secondary N) is 1. The third kappa shape index (κ3) is 3.32. The van der Waals surface area contributed by atoms with E-state index in [1.165, 1.54) is 6.07 Å². The third-order valence-electron chi connectivity index (χ3n) is 2.46. The van der Waals surface area contributed by atoms with Gasteiger partial charge in [0.2, 0.25) is 0 Å². The minimum atomic E-state index is -0.552. The largest absolute Gasteiger partial charge is 0.352 e. The van der Waals surface area contributed by atoms with Gasteiger partial charge in [-0.3, -0.25) is 14.9 Å². The lowest BCUT2D eigenvalue weighted by Gasteiger charge is -2.07. The molecule has 1 aromatic rings. The lowest BCUT2D eigenvalue weighted by atomic mass is 10.1. The van der Waals surface area contributed by atoms with Crippen LogP contribution in [0, 0.1) is 29.4 Å². The number of amides is 1. The summed E-state index contributed by atoms with van der Waals surface area (Å²) in [6.07, 6.45) is 6.31. The third-order valence-corrected chi connectivity index (χ3v) is 2.46. The van der Waals surface area contributed by atoms with Crippen LogP contribution >= 0.6 is 0 Å². The number of terminal acetylenes is 1. The number of unbranched alkanes of at least 4 members (excludes halogenated alkanes) is 1. The van der Waals surface area contributed by atoms with E-state index in [0.717, 1.165) is 0 Å². The Balaban J connectivity index is 2.85. The number of carbonyl (C=O) groups excluding carboxylic acids is 1. The van der Waals surface area contributed by atoms with E-state index in [2.05, 4.69) is 11.2 Å². The number of rotatable bonds is 5. The maximum Gasteiger partial charge on any atom is 0.282 e. The topological polar surface area (TPSA) is 72.2 Å². The number of carbonyl (C=O) groups is 1. The Morgan fingerprint density at radius 1 is 1.56 bits per heavy atom. The van der Waals surface area contributed by atoms with Crippen LogP contribution in [0.2, 0.25) is 0 Å². The molecular weight excluding hydrogens is 232 g/mol. The first-order valence-electron chi connectivity index (χ1n) is 5.53. The summed E-state index contributed by atoms with van der Waals surface area (Å²) in [5.74, 6) is 2.03. The number of hydrogen-bond donors (Lipinski definition) is 1. The summed E-state index contributed by atoms with van der Waals surface area (Å²) in [5.41, 5.74) is 0.520. The van der Waals surface area contributed by atoms with Crippen LogP contribution < -0.4 is 5.32 Å². The molecule has 0 aliphatic rings. The van der Waals surface area contributed by atoms with Crippen LogP contribution in [0.4, 0.5) is 5.69 Å². The Morgan fingerprint density at radius 3 is 2.89 bits per heavy atom. The van der Waals surface area contributed by atoms with E-state index in [1.54, 1.807) is 19.1 Å². The molecule has 0 spiro atoms. The molecule has 0 aliphatic heterocycles. The smallest absolute Gasteiger partial charge is 0.282 e. The highest BCUT2D eigenvalue weighted by Gasteiger charge is 2.21. The van der Waals surface area contributed by atoms with Gasteiger partial charge in [0.05, 0.1) is 4.92 Å². The van der Waals surface area contributed by atoms with Gasteiger partial charge in [0.15, 0.2) is 0 Å². The number of nitrogens with zero attached hydrogens (tertiary/aromatic N) is 1. The Kier molecular flexibility index (Phi) is 4.88. The lowest BCUT2D eigenvalue weighted by Crippen LogP contribution is -2.26. The number of benzene rings is 1. The van der Waals surface area contributed by atoms with Crippen molar-refractivity contribution in [1.29, 1.82) is 0 Å². The van der Waals surface area contributed by atoms with E-state index >= 15 is 0 Å². The summed E-state index contributed by atoms with van der Waals surface area (Å²) in [7, 11) is 0. The van der Waals surface area contributed by atoms with Crippen LogP contribution in [0.15, 0.2) is 18.2 Å². The van der Waals surface area contributed by atoms with Gasteiger partial charge in [-0.2, -0.15) is 0 Å². The van der Waals surface area contributed by atoms with Gasteiger partial charge in [0, 0.05) is 19.0 Å². The molecule has 94 valence electrons. The SMILES string of the molecule is C#CCCCNC(=O)c1c(C)cccc1[N+](=O)[O-]. The lowest BCUT2D eigenvalue weighted by molar-refractivity contribution is -0.385. The van der Waals surface area contributed by atoms with Crippen molar-refractivity contribution in [1.82, 2.24) is 5.32 Å². The van der Waals surface area contributed by atoms with Crippen molar-refractivity contribution >= 4 is 11.6 Å². The molecule has 1 rings (SSSR count). The normalized spacial score (nSPS) is 9.56. The van der Waals surface area contributed by atoms with E-state index in [4.69, 9.17) is 6.42 Å². The van der Waals surface area contributed by atoms with Gasteiger partial charge in [0.1, 0.15) is 5.56 Å². The maximum absolute atomic E-state index is 11.9. The molecule has 0 fully saturated rings. The zero-order chi connectivity index (χ0) is 13.5. The van der Waals surface area contributed by atoms with Gasteiger partial charge in [-0.1, -0.05) is 12.1 Å². The van der Waals surface area contributed by atoms with Gasteiger partial charge in [-0.15, -0.1) is 12.3 Å². The van der Waals surface area contributed by atoms with Gasteiger partial charge in [0.25, 0.3) is 11.6 Å². The van der Waals surface area contributed by atoms with Gasteiger partial charge in [-0.25, -0.2) is 0 Å². The molecule has 1 aromatic carbocycles. The number of nitro benzene ring substituents is 1. The quantitative estimate of drug-likeness (QED) is 0.374. The second-order valence-electron chi connectivity index (χ2n) is 3.79. The van der Waals surface area contributed by atoms with Crippen molar-refractivity contribution in [3.63, 3.8) is 0 Å². The molecule has 5 heteroatoms. The molecule has 0 bridgehead atoms. The Morgan fingerprint density at radius 2 is 2.28 bits per heavy atom. The summed E-state index contributed by atoms with van der Waals surface area (Å²) >= 11 is 0. The summed E-state index contributed by atoms with van der Waals surface area (Å²) in [6, 6.07) is 4.55.